The van der Waals surface area contributed by atoms with Gasteiger partial charge in [-0.05, 0) is 24.6 Å². The van der Waals surface area contributed by atoms with Gasteiger partial charge in [-0.25, -0.2) is 4.79 Å². The Hall–Kier alpha value is -2.14. The molecule has 1 N–H and O–H groups in total. The van der Waals surface area contributed by atoms with Crippen LogP contribution in [0.3, 0.4) is 0 Å². The van der Waals surface area contributed by atoms with Crippen LogP contribution in [0.5, 0.6) is 0 Å². The second-order valence-electron chi connectivity index (χ2n) is 4.18. The van der Waals surface area contributed by atoms with Gasteiger partial charge in [-0.1, -0.05) is 17.7 Å². The molecular formula is C13H10ClNO4. The van der Waals surface area contributed by atoms with Gasteiger partial charge in [0.1, 0.15) is 0 Å². The van der Waals surface area contributed by atoms with Crippen molar-refractivity contribution in [2.45, 2.75) is 6.92 Å². The van der Waals surface area contributed by atoms with Crippen LogP contribution in [0.2, 0.25) is 5.02 Å². The number of ketones is 1. The van der Waals surface area contributed by atoms with Crippen LogP contribution in [0, 0.1) is 0 Å². The quantitative estimate of drug-likeness (QED) is 0.677. The Balaban J connectivity index is 2.40. The summed E-state index contributed by atoms with van der Waals surface area (Å²) in [5.41, 5.74) is 1.06. The van der Waals surface area contributed by atoms with Gasteiger partial charge in [0, 0.05) is 12.6 Å². The van der Waals surface area contributed by atoms with Crippen LogP contribution < -0.4 is 4.90 Å². The van der Waals surface area contributed by atoms with E-state index < -0.39 is 17.7 Å². The molecule has 6 heteroatoms. The third-order valence-electron chi connectivity index (χ3n) is 2.73. The summed E-state index contributed by atoms with van der Waals surface area (Å²) < 4.78 is 0. The fourth-order valence-corrected chi connectivity index (χ4v) is 2.22. The van der Waals surface area contributed by atoms with Crippen molar-refractivity contribution >= 4 is 34.9 Å². The molecule has 1 aromatic rings. The third-order valence-corrected chi connectivity index (χ3v) is 3.04. The number of carbonyl (C=O) groups excluding carboxylic acids is 2. The lowest BCUT2D eigenvalue weighted by Gasteiger charge is -2.16. The van der Waals surface area contributed by atoms with Crippen LogP contribution in [0.1, 0.15) is 17.3 Å². The molecule has 1 aliphatic rings. The summed E-state index contributed by atoms with van der Waals surface area (Å²) in [6.45, 7) is 1.62. The van der Waals surface area contributed by atoms with Crippen LogP contribution in [0.25, 0.3) is 0 Å². The number of rotatable bonds is 3. The molecule has 5 nitrogen and oxygen atoms in total. The van der Waals surface area contributed by atoms with Gasteiger partial charge in [0.15, 0.2) is 0 Å². The number of Topliss-reactive ketones (excluding diaryl/α,β-unsaturated/α-hetero) is 1. The maximum Gasteiger partial charge on any atom is 0.328 e. The summed E-state index contributed by atoms with van der Waals surface area (Å²) in [6.07, 6.45) is 1.00. The third kappa shape index (κ3) is 2.37. The molecule has 0 unspecified atom stereocenters. The minimum Gasteiger partial charge on any atom is -0.478 e. The Morgan fingerprint density at radius 1 is 1.42 bits per heavy atom. The smallest absolute Gasteiger partial charge is 0.328 e. The van der Waals surface area contributed by atoms with Gasteiger partial charge in [-0.2, -0.15) is 0 Å². The number of carbonyl (C=O) groups is 3. The summed E-state index contributed by atoms with van der Waals surface area (Å²) in [7, 11) is 0. The van der Waals surface area contributed by atoms with Crippen molar-refractivity contribution < 1.29 is 19.5 Å². The fourth-order valence-electron chi connectivity index (χ4n) is 1.96. The highest BCUT2D eigenvalue weighted by molar-refractivity contribution is 6.55. The molecule has 1 aliphatic heterocycles. The number of amides is 1. The number of nitrogens with zero attached hydrogens (tertiary/aromatic N) is 1. The molecule has 98 valence electrons. The molecule has 1 aromatic carbocycles. The zero-order chi connectivity index (χ0) is 14.2. The molecule has 0 spiro atoms. The summed E-state index contributed by atoms with van der Waals surface area (Å²) in [5, 5.41) is 8.87. The van der Waals surface area contributed by atoms with Gasteiger partial charge in [-0.15, -0.1) is 0 Å². The molecule has 19 heavy (non-hydrogen) atoms. The van der Waals surface area contributed by atoms with E-state index in [2.05, 4.69) is 0 Å². The number of carboxylic acids is 1. The molecule has 0 fully saturated rings. The zero-order valence-corrected chi connectivity index (χ0v) is 10.8. The zero-order valence-electron chi connectivity index (χ0n) is 10.0. The van der Waals surface area contributed by atoms with Gasteiger partial charge in [0.2, 0.25) is 0 Å². The highest BCUT2D eigenvalue weighted by Crippen LogP contribution is 2.34. The van der Waals surface area contributed by atoms with Crippen molar-refractivity contribution in [3.05, 3.63) is 40.4 Å². The van der Waals surface area contributed by atoms with Gasteiger partial charge in [0.25, 0.3) is 11.7 Å². The van der Waals surface area contributed by atoms with Crippen molar-refractivity contribution in [2.24, 2.45) is 0 Å². The Morgan fingerprint density at radius 2 is 2.11 bits per heavy atom. The van der Waals surface area contributed by atoms with E-state index in [1.165, 1.54) is 11.0 Å². The Kier molecular flexibility index (Phi) is 3.40. The summed E-state index contributed by atoms with van der Waals surface area (Å²) >= 11 is 5.91. The van der Waals surface area contributed by atoms with E-state index in [4.69, 9.17) is 16.7 Å². The van der Waals surface area contributed by atoms with Crippen LogP contribution in [-0.4, -0.2) is 29.3 Å². The first-order valence-corrected chi connectivity index (χ1v) is 5.84. The predicted molar refractivity (Wildman–Crippen MR) is 69.5 cm³/mol. The number of hydrogen-bond donors (Lipinski definition) is 1. The van der Waals surface area contributed by atoms with E-state index in [0.29, 0.717) is 11.3 Å². The molecule has 0 atom stereocenters. The van der Waals surface area contributed by atoms with Gasteiger partial charge in [0.05, 0.1) is 16.3 Å². The lowest BCUT2D eigenvalue weighted by molar-refractivity contribution is -0.131. The van der Waals surface area contributed by atoms with E-state index >= 15 is 0 Å². The highest BCUT2D eigenvalue weighted by Gasteiger charge is 2.37. The van der Waals surface area contributed by atoms with Crippen molar-refractivity contribution in [3.8, 4) is 0 Å². The second-order valence-corrected chi connectivity index (χ2v) is 4.59. The average Bonchev–Trinajstić information content (AvgIpc) is 2.55. The number of carboxylic acid groups (broad SMARTS) is 1. The Labute approximate surface area is 114 Å². The lowest BCUT2D eigenvalue weighted by Crippen LogP contribution is -2.31. The average molecular weight is 280 g/mol. The predicted octanol–water partition coefficient (Wildman–Crippen LogP) is 1.90. The normalized spacial score (nSPS) is 14.8. The molecule has 0 radical (unpaired) electrons. The standard InChI is InChI=1S/C13H10ClNO4/c1-7(5-10(16)17)6-15-9-4-2-3-8(14)11(9)12(18)13(15)19/h2-5H,6H2,1H3,(H,16,17). The maximum atomic E-state index is 11.9. The molecule has 0 saturated carbocycles. The van der Waals surface area contributed by atoms with Crippen molar-refractivity contribution in [3.63, 3.8) is 0 Å². The molecule has 0 bridgehead atoms. The van der Waals surface area contributed by atoms with E-state index in [-0.39, 0.29) is 17.1 Å². The van der Waals surface area contributed by atoms with Gasteiger partial charge >= 0.3 is 5.97 Å². The molecule has 0 aromatic heterocycles. The van der Waals surface area contributed by atoms with Crippen LogP contribution in [0.4, 0.5) is 5.69 Å². The molecule has 0 saturated heterocycles. The monoisotopic (exact) mass is 279 g/mol. The number of benzene rings is 1. The molecular weight excluding hydrogens is 270 g/mol. The Morgan fingerprint density at radius 3 is 2.74 bits per heavy atom. The van der Waals surface area contributed by atoms with Crippen LogP contribution >= 0.6 is 11.6 Å². The molecule has 1 amide bonds. The minimum absolute atomic E-state index is 0.0458. The number of aliphatic carboxylic acids is 1. The number of halogens is 1. The topological polar surface area (TPSA) is 74.7 Å². The highest BCUT2D eigenvalue weighted by atomic mass is 35.5. The van der Waals surface area contributed by atoms with Crippen LogP contribution in [-0.2, 0) is 9.59 Å². The van der Waals surface area contributed by atoms with E-state index in [1.54, 1.807) is 19.1 Å². The fraction of sp³-hybridized carbons (Fsp3) is 0.154. The van der Waals surface area contributed by atoms with E-state index in [0.717, 1.165) is 6.08 Å². The first-order valence-electron chi connectivity index (χ1n) is 5.46. The van der Waals surface area contributed by atoms with Crippen molar-refractivity contribution in [1.82, 2.24) is 0 Å². The summed E-state index contributed by atoms with van der Waals surface area (Å²) in [6, 6.07) is 4.78. The molecule has 0 aliphatic carbocycles. The van der Waals surface area contributed by atoms with Crippen LogP contribution in [0.15, 0.2) is 29.8 Å². The summed E-state index contributed by atoms with van der Waals surface area (Å²) in [4.78, 5) is 35.5. The Bertz CT molecular complexity index is 621. The second kappa shape index (κ2) is 4.85. The van der Waals surface area contributed by atoms with Crippen molar-refractivity contribution in [1.29, 1.82) is 0 Å². The largest absolute Gasteiger partial charge is 0.478 e. The number of anilines is 1. The van der Waals surface area contributed by atoms with Gasteiger partial charge < -0.3 is 10.0 Å². The minimum atomic E-state index is -1.10. The number of hydrogen-bond acceptors (Lipinski definition) is 3. The first-order chi connectivity index (χ1) is 8.91. The van der Waals surface area contributed by atoms with E-state index in [9.17, 15) is 14.4 Å². The molecule has 1 heterocycles. The SMILES string of the molecule is CC(=CC(=O)O)CN1C(=O)C(=O)c2c(Cl)cccc21. The van der Waals surface area contributed by atoms with E-state index in [1.807, 2.05) is 0 Å². The molecule has 2 rings (SSSR count). The van der Waals surface area contributed by atoms with Crippen molar-refractivity contribution in [2.75, 3.05) is 11.4 Å². The first kappa shape index (κ1) is 13.3. The maximum absolute atomic E-state index is 11.9. The summed E-state index contributed by atoms with van der Waals surface area (Å²) in [5.74, 6) is -2.45. The lowest BCUT2D eigenvalue weighted by atomic mass is 10.1. The number of fused-ring (bicyclic) bond motifs is 1. The van der Waals surface area contributed by atoms with Gasteiger partial charge in [-0.3, -0.25) is 9.59 Å².